The number of benzene rings is 2. The first-order chi connectivity index (χ1) is 12.9. The van der Waals surface area contributed by atoms with E-state index in [4.69, 9.17) is 5.26 Å². The number of aryl methyl sites for hydroxylation is 1. The molecule has 0 unspecified atom stereocenters. The van der Waals surface area contributed by atoms with Crippen LogP contribution in [0.2, 0.25) is 0 Å². The second-order valence-electron chi connectivity index (χ2n) is 6.52. The minimum atomic E-state index is -0.108. The van der Waals surface area contributed by atoms with Crippen LogP contribution < -0.4 is 10.6 Å². The number of nitrogens with zero attached hydrogens (tertiary/aromatic N) is 1. The normalized spacial score (nSPS) is 10.3. The Morgan fingerprint density at radius 3 is 2.44 bits per heavy atom. The highest BCUT2D eigenvalue weighted by molar-refractivity contribution is 7.99. The molecule has 0 aromatic heterocycles. The summed E-state index contributed by atoms with van der Waals surface area (Å²) in [5.41, 5.74) is 3.99. The zero-order valence-corrected chi connectivity index (χ0v) is 16.5. The lowest BCUT2D eigenvalue weighted by atomic mass is 10.1. The van der Waals surface area contributed by atoms with Gasteiger partial charge in [0.1, 0.15) is 0 Å². The van der Waals surface area contributed by atoms with Crippen LogP contribution in [0.4, 0.5) is 11.4 Å². The Bertz CT molecular complexity index is 855. The van der Waals surface area contributed by atoms with E-state index in [9.17, 15) is 9.59 Å². The van der Waals surface area contributed by atoms with Crippen molar-refractivity contribution in [1.29, 1.82) is 5.26 Å². The lowest BCUT2D eigenvalue weighted by Crippen LogP contribution is -2.18. The van der Waals surface area contributed by atoms with Gasteiger partial charge in [-0.25, -0.2) is 0 Å². The number of rotatable bonds is 7. The Morgan fingerprint density at radius 1 is 1.11 bits per heavy atom. The van der Waals surface area contributed by atoms with E-state index in [0.29, 0.717) is 28.4 Å². The van der Waals surface area contributed by atoms with E-state index in [1.165, 1.54) is 11.8 Å². The smallest absolute Gasteiger partial charge is 0.234 e. The zero-order chi connectivity index (χ0) is 19.8. The molecular formula is C21H23N3O2S. The van der Waals surface area contributed by atoms with E-state index in [2.05, 4.69) is 16.7 Å². The van der Waals surface area contributed by atoms with Gasteiger partial charge in [0, 0.05) is 23.0 Å². The summed E-state index contributed by atoms with van der Waals surface area (Å²) < 4.78 is 0. The maximum atomic E-state index is 12.2. The lowest BCUT2D eigenvalue weighted by Gasteiger charge is -2.12. The summed E-state index contributed by atoms with van der Waals surface area (Å²) in [6.45, 7) is 5.57. The fourth-order valence-corrected chi connectivity index (χ4v) is 3.03. The monoisotopic (exact) mass is 381 g/mol. The van der Waals surface area contributed by atoms with Gasteiger partial charge in [0.15, 0.2) is 0 Å². The van der Waals surface area contributed by atoms with Crippen LogP contribution in [0.5, 0.6) is 0 Å². The molecule has 0 aliphatic rings. The molecular weight excluding hydrogens is 358 g/mol. The van der Waals surface area contributed by atoms with Gasteiger partial charge in [0.2, 0.25) is 11.8 Å². The summed E-state index contributed by atoms with van der Waals surface area (Å²) in [5, 5.41) is 14.5. The number of nitriles is 1. The van der Waals surface area contributed by atoms with Crippen molar-refractivity contribution in [3.63, 3.8) is 0 Å². The highest BCUT2D eigenvalue weighted by atomic mass is 32.2. The number of hydrogen-bond acceptors (Lipinski definition) is 4. The summed E-state index contributed by atoms with van der Waals surface area (Å²) in [7, 11) is 0. The number of anilines is 2. The van der Waals surface area contributed by atoms with Gasteiger partial charge < -0.3 is 10.6 Å². The van der Waals surface area contributed by atoms with Crippen LogP contribution in [0.15, 0.2) is 42.5 Å². The maximum absolute atomic E-state index is 12.2. The SMILES string of the molecule is Cc1ccc(NC(=O)C(C)C)cc1NC(=O)CSCc1ccc(C#N)cc1. The molecule has 0 bridgehead atoms. The molecule has 0 saturated carbocycles. The van der Waals surface area contributed by atoms with Crippen LogP contribution >= 0.6 is 11.8 Å². The molecule has 2 N–H and O–H groups in total. The van der Waals surface area contributed by atoms with Crippen molar-refractivity contribution in [2.75, 3.05) is 16.4 Å². The van der Waals surface area contributed by atoms with Gasteiger partial charge in [-0.2, -0.15) is 5.26 Å². The molecule has 5 nitrogen and oxygen atoms in total. The third kappa shape index (κ3) is 6.46. The van der Waals surface area contributed by atoms with E-state index in [1.54, 1.807) is 18.2 Å². The van der Waals surface area contributed by atoms with E-state index in [0.717, 1.165) is 11.1 Å². The molecule has 0 radical (unpaired) electrons. The topological polar surface area (TPSA) is 82.0 Å². The number of thioether (sulfide) groups is 1. The third-order valence-corrected chi connectivity index (χ3v) is 4.89. The molecule has 27 heavy (non-hydrogen) atoms. The second kappa shape index (κ2) is 9.79. The molecule has 0 atom stereocenters. The summed E-state index contributed by atoms with van der Waals surface area (Å²) in [5.74, 6) is 0.756. The van der Waals surface area contributed by atoms with Crippen molar-refractivity contribution in [3.05, 3.63) is 59.2 Å². The Labute approximate surface area is 164 Å². The van der Waals surface area contributed by atoms with Gasteiger partial charge in [0.25, 0.3) is 0 Å². The maximum Gasteiger partial charge on any atom is 0.234 e. The highest BCUT2D eigenvalue weighted by Gasteiger charge is 2.10. The first-order valence-corrected chi connectivity index (χ1v) is 9.82. The number of carbonyl (C=O) groups excluding carboxylic acids is 2. The number of hydrogen-bond donors (Lipinski definition) is 2. The second-order valence-corrected chi connectivity index (χ2v) is 7.51. The molecule has 0 spiro atoms. The van der Waals surface area contributed by atoms with Crippen LogP contribution in [0.25, 0.3) is 0 Å². The fraction of sp³-hybridized carbons (Fsp3) is 0.286. The van der Waals surface area contributed by atoms with Gasteiger partial charge in [-0.05, 0) is 42.3 Å². The molecule has 2 aromatic rings. The van der Waals surface area contributed by atoms with Gasteiger partial charge in [-0.3, -0.25) is 9.59 Å². The van der Waals surface area contributed by atoms with E-state index < -0.39 is 0 Å². The van der Waals surface area contributed by atoms with Crippen LogP contribution in [0.3, 0.4) is 0 Å². The van der Waals surface area contributed by atoms with Gasteiger partial charge in [0.05, 0.1) is 17.4 Å². The molecule has 6 heteroatoms. The van der Waals surface area contributed by atoms with Crippen molar-refractivity contribution in [3.8, 4) is 6.07 Å². The predicted molar refractivity (Wildman–Crippen MR) is 111 cm³/mol. The number of nitrogens with one attached hydrogen (secondary N) is 2. The number of carbonyl (C=O) groups is 2. The van der Waals surface area contributed by atoms with Gasteiger partial charge in [-0.1, -0.05) is 32.0 Å². The lowest BCUT2D eigenvalue weighted by molar-refractivity contribution is -0.119. The Morgan fingerprint density at radius 2 is 1.81 bits per heavy atom. The highest BCUT2D eigenvalue weighted by Crippen LogP contribution is 2.21. The van der Waals surface area contributed by atoms with Crippen molar-refractivity contribution in [2.45, 2.75) is 26.5 Å². The van der Waals surface area contributed by atoms with Crippen LogP contribution in [-0.4, -0.2) is 17.6 Å². The molecule has 0 saturated heterocycles. The molecule has 2 amide bonds. The molecule has 0 fully saturated rings. The average Bonchev–Trinajstić information content (AvgIpc) is 2.65. The largest absolute Gasteiger partial charge is 0.326 e. The molecule has 2 aromatic carbocycles. The van der Waals surface area contributed by atoms with Crippen molar-refractivity contribution in [2.24, 2.45) is 5.92 Å². The van der Waals surface area contributed by atoms with Crippen LogP contribution in [-0.2, 0) is 15.3 Å². The van der Waals surface area contributed by atoms with Gasteiger partial charge >= 0.3 is 0 Å². The van der Waals surface area contributed by atoms with Crippen LogP contribution in [0.1, 0.15) is 30.5 Å². The Kier molecular flexibility index (Phi) is 7.44. The third-order valence-electron chi connectivity index (χ3n) is 3.89. The van der Waals surface area contributed by atoms with Crippen molar-refractivity contribution >= 4 is 35.0 Å². The molecule has 0 heterocycles. The first-order valence-electron chi connectivity index (χ1n) is 8.67. The van der Waals surface area contributed by atoms with Crippen LogP contribution in [0, 0.1) is 24.2 Å². The minimum Gasteiger partial charge on any atom is -0.326 e. The molecule has 0 aliphatic heterocycles. The molecule has 0 aliphatic carbocycles. The van der Waals surface area contributed by atoms with E-state index >= 15 is 0 Å². The molecule has 2 rings (SSSR count). The van der Waals surface area contributed by atoms with Crippen molar-refractivity contribution in [1.82, 2.24) is 0 Å². The Balaban J connectivity index is 1.88. The van der Waals surface area contributed by atoms with Gasteiger partial charge in [-0.15, -0.1) is 11.8 Å². The quantitative estimate of drug-likeness (QED) is 0.748. The number of amides is 2. The fourth-order valence-electron chi connectivity index (χ4n) is 2.24. The zero-order valence-electron chi connectivity index (χ0n) is 15.7. The average molecular weight is 382 g/mol. The van der Waals surface area contributed by atoms with E-state index in [1.807, 2.05) is 45.0 Å². The summed E-state index contributed by atoms with van der Waals surface area (Å²) >= 11 is 1.51. The predicted octanol–water partition coefficient (Wildman–Crippen LogP) is 4.33. The summed E-state index contributed by atoms with van der Waals surface area (Å²) in [4.78, 5) is 24.1. The summed E-state index contributed by atoms with van der Waals surface area (Å²) in [6, 6.07) is 14.9. The first kappa shape index (κ1) is 20.5. The standard InChI is InChI=1S/C21H23N3O2S/c1-14(2)21(26)23-18-9-4-15(3)19(10-18)24-20(25)13-27-12-17-7-5-16(11-22)6-8-17/h4-10,14H,12-13H2,1-3H3,(H,23,26)(H,24,25). The summed E-state index contributed by atoms with van der Waals surface area (Å²) in [6.07, 6.45) is 0. The van der Waals surface area contributed by atoms with Crippen molar-refractivity contribution < 1.29 is 9.59 Å². The van der Waals surface area contributed by atoms with E-state index in [-0.39, 0.29) is 17.7 Å². The minimum absolute atomic E-state index is 0.0610. The molecule has 140 valence electrons. The Hall–Kier alpha value is -2.78.